The summed E-state index contributed by atoms with van der Waals surface area (Å²) in [7, 11) is 4.82. The molecule has 0 spiro atoms. The van der Waals surface area contributed by atoms with Gasteiger partial charge < -0.3 is 24.5 Å². The number of H-pyrrole nitrogens is 1. The first-order valence-electron chi connectivity index (χ1n) is 12.5. The number of ether oxygens (including phenoxy) is 3. The number of aromatic nitrogens is 1. The quantitative estimate of drug-likeness (QED) is 0.462. The summed E-state index contributed by atoms with van der Waals surface area (Å²) in [6.45, 7) is 0.308. The van der Waals surface area contributed by atoms with Crippen molar-refractivity contribution in [3.8, 4) is 17.2 Å². The minimum absolute atomic E-state index is 0.0123. The molecule has 0 saturated heterocycles. The van der Waals surface area contributed by atoms with Crippen LogP contribution in [0, 0.1) is 5.92 Å². The molecule has 35 heavy (non-hydrogen) atoms. The van der Waals surface area contributed by atoms with Crippen LogP contribution in [0.3, 0.4) is 0 Å². The summed E-state index contributed by atoms with van der Waals surface area (Å²) in [5, 5.41) is 8.09. The van der Waals surface area contributed by atoms with Crippen molar-refractivity contribution in [3.63, 3.8) is 0 Å². The van der Waals surface area contributed by atoms with E-state index in [1.807, 2.05) is 0 Å². The van der Waals surface area contributed by atoms with Crippen LogP contribution in [0.1, 0.15) is 55.0 Å². The molecule has 7 nitrogen and oxygen atoms in total. The molecule has 1 aliphatic heterocycles. The van der Waals surface area contributed by atoms with Gasteiger partial charge in [0.1, 0.15) is 17.2 Å². The molecule has 3 N–H and O–H groups in total. The van der Waals surface area contributed by atoms with Crippen LogP contribution in [0.25, 0.3) is 10.9 Å². The SMILES string of the molecule is COc1cc(OC)c(CNC(=O)[C@H]2Cc3c([nH]c4ccccc34)[C@H](C3CCCCC3)N2)c(OC)c1. The Hall–Kier alpha value is -3.19. The number of para-hydroxylation sites is 1. The van der Waals surface area contributed by atoms with Crippen molar-refractivity contribution in [2.24, 2.45) is 5.92 Å². The molecule has 1 fully saturated rings. The average molecular weight is 478 g/mol. The maximum absolute atomic E-state index is 13.5. The summed E-state index contributed by atoms with van der Waals surface area (Å²) in [6, 6.07) is 11.9. The van der Waals surface area contributed by atoms with Gasteiger partial charge in [-0.25, -0.2) is 0 Å². The summed E-state index contributed by atoms with van der Waals surface area (Å²) in [5.74, 6) is 2.41. The van der Waals surface area contributed by atoms with Crippen LogP contribution in [-0.2, 0) is 17.8 Å². The van der Waals surface area contributed by atoms with Gasteiger partial charge in [-0.2, -0.15) is 0 Å². The molecular weight excluding hydrogens is 442 g/mol. The maximum atomic E-state index is 13.5. The number of nitrogens with one attached hydrogen (secondary N) is 3. The Labute approximate surface area is 206 Å². The summed E-state index contributed by atoms with van der Waals surface area (Å²) < 4.78 is 16.5. The van der Waals surface area contributed by atoms with Crippen molar-refractivity contribution in [1.82, 2.24) is 15.6 Å². The molecule has 1 aromatic heterocycles. The standard InChI is InChI=1S/C28H35N3O4/c1-33-18-13-24(34-2)21(25(14-18)35-3)16-29-28(32)23-15-20-19-11-7-8-12-22(19)30-27(20)26(31-23)17-9-5-4-6-10-17/h7-8,11-14,17,23,26,30-31H,4-6,9-10,15-16H2,1-3H3,(H,29,32)/t23-,26+/m1/s1. The first-order valence-corrected chi connectivity index (χ1v) is 12.5. The normalized spacial score (nSPS) is 20.3. The second kappa shape index (κ2) is 10.2. The van der Waals surface area contributed by atoms with Gasteiger partial charge in [-0.1, -0.05) is 37.5 Å². The number of rotatable bonds is 7. The molecule has 1 amide bonds. The second-order valence-electron chi connectivity index (χ2n) is 9.59. The molecule has 7 heteroatoms. The predicted octanol–water partition coefficient (Wildman–Crippen LogP) is 4.65. The Morgan fingerprint density at radius 2 is 1.71 bits per heavy atom. The minimum atomic E-state index is -0.302. The van der Waals surface area contributed by atoms with Crippen molar-refractivity contribution in [3.05, 3.63) is 53.2 Å². The highest BCUT2D eigenvalue weighted by Crippen LogP contribution is 2.41. The molecule has 1 saturated carbocycles. The van der Waals surface area contributed by atoms with Crippen molar-refractivity contribution < 1.29 is 19.0 Å². The van der Waals surface area contributed by atoms with Crippen molar-refractivity contribution in [1.29, 1.82) is 0 Å². The van der Waals surface area contributed by atoms with E-state index in [0.29, 0.717) is 36.1 Å². The lowest BCUT2D eigenvalue weighted by Crippen LogP contribution is -2.51. The molecule has 186 valence electrons. The Kier molecular flexibility index (Phi) is 6.86. The van der Waals surface area contributed by atoms with E-state index in [9.17, 15) is 4.79 Å². The molecule has 0 radical (unpaired) electrons. The van der Waals surface area contributed by atoms with Gasteiger partial charge in [0.25, 0.3) is 0 Å². The van der Waals surface area contributed by atoms with E-state index in [4.69, 9.17) is 14.2 Å². The highest BCUT2D eigenvalue weighted by atomic mass is 16.5. The minimum Gasteiger partial charge on any atom is -0.496 e. The molecule has 5 rings (SSSR count). The van der Waals surface area contributed by atoms with E-state index in [-0.39, 0.29) is 18.0 Å². The van der Waals surface area contributed by atoms with Gasteiger partial charge >= 0.3 is 0 Å². The first-order chi connectivity index (χ1) is 17.1. The van der Waals surface area contributed by atoms with Crippen molar-refractivity contribution >= 4 is 16.8 Å². The fourth-order valence-corrected chi connectivity index (χ4v) is 5.83. The van der Waals surface area contributed by atoms with Gasteiger partial charge in [0.05, 0.1) is 45.5 Å². The zero-order valence-electron chi connectivity index (χ0n) is 20.8. The van der Waals surface area contributed by atoms with Crippen LogP contribution in [0.4, 0.5) is 0 Å². The van der Waals surface area contributed by atoms with Crippen molar-refractivity contribution in [2.75, 3.05) is 21.3 Å². The number of aromatic amines is 1. The highest BCUT2D eigenvalue weighted by Gasteiger charge is 2.37. The summed E-state index contributed by atoms with van der Waals surface area (Å²) >= 11 is 0. The lowest BCUT2D eigenvalue weighted by atomic mass is 9.79. The number of methoxy groups -OCH3 is 3. The monoisotopic (exact) mass is 477 g/mol. The van der Waals surface area contributed by atoms with E-state index in [1.165, 1.54) is 48.7 Å². The van der Waals surface area contributed by atoms with E-state index in [0.717, 1.165) is 11.1 Å². The van der Waals surface area contributed by atoms with Crippen LogP contribution >= 0.6 is 0 Å². The number of amides is 1. The van der Waals surface area contributed by atoms with Crippen LogP contribution in [-0.4, -0.2) is 38.3 Å². The Morgan fingerprint density at radius 3 is 2.40 bits per heavy atom. The van der Waals surface area contributed by atoms with E-state index >= 15 is 0 Å². The number of carbonyl (C=O) groups is 1. The van der Waals surface area contributed by atoms with Gasteiger partial charge in [-0.3, -0.25) is 10.1 Å². The highest BCUT2D eigenvalue weighted by molar-refractivity contribution is 5.88. The third-order valence-electron chi connectivity index (χ3n) is 7.64. The van der Waals surface area contributed by atoms with Crippen LogP contribution in [0.2, 0.25) is 0 Å². The molecule has 2 heterocycles. The predicted molar refractivity (Wildman–Crippen MR) is 136 cm³/mol. The molecule has 2 aliphatic rings. The Balaban J connectivity index is 1.40. The van der Waals surface area contributed by atoms with Gasteiger partial charge in [-0.05, 0) is 36.8 Å². The molecule has 2 aromatic carbocycles. The molecular formula is C28H35N3O4. The topological polar surface area (TPSA) is 84.6 Å². The van der Waals surface area contributed by atoms with E-state index in [1.54, 1.807) is 33.5 Å². The van der Waals surface area contributed by atoms with Gasteiger partial charge in [0.15, 0.2) is 0 Å². The summed E-state index contributed by atoms with van der Waals surface area (Å²) in [4.78, 5) is 17.2. The molecule has 0 unspecified atom stereocenters. The van der Waals surface area contributed by atoms with E-state index in [2.05, 4.69) is 39.9 Å². The van der Waals surface area contributed by atoms with Crippen molar-refractivity contribution in [2.45, 2.75) is 57.2 Å². The lowest BCUT2D eigenvalue weighted by molar-refractivity contribution is -0.123. The summed E-state index contributed by atoms with van der Waals surface area (Å²) in [6.07, 6.45) is 6.87. The average Bonchev–Trinajstić information content (AvgIpc) is 3.29. The lowest BCUT2D eigenvalue weighted by Gasteiger charge is -2.37. The van der Waals surface area contributed by atoms with Crippen LogP contribution in [0.5, 0.6) is 17.2 Å². The van der Waals surface area contributed by atoms with Crippen LogP contribution < -0.4 is 24.8 Å². The molecule has 3 aromatic rings. The number of benzene rings is 2. The fraction of sp³-hybridized carbons (Fsp3) is 0.464. The second-order valence-corrected chi connectivity index (χ2v) is 9.59. The number of hydrogen-bond donors (Lipinski definition) is 3. The largest absolute Gasteiger partial charge is 0.496 e. The molecule has 1 aliphatic carbocycles. The Bertz CT molecular complexity index is 1170. The first kappa shape index (κ1) is 23.5. The van der Waals surface area contributed by atoms with Gasteiger partial charge in [0, 0.05) is 28.7 Å². The smallest absolute Gasteiger partial charge is 0.237 e. The fourth-order valence-electron chi connectivity index (χ4n) is 5.83. The van der Waals surface area contributed by atoms with Gasteiger partial charge in [-0.15, -0.1) is 0 Å². The summed E-state index contributed by atoms with van der Waals surface area (Å²) in [5.41, 5.74) is 4.47. The third kappa shape index (κ3) is 4.57. The Morgan fingerprint density at radius 1 is 1.00 bits per heavy atom. The third-order valence-corrected chi connectivity index (χ3v) is 7.64. The number of carbonyl (C=O) groups excluding carboxylic acids is 1. The molecule has 0 bridgehead atoms. The molecule has 2 atom stereocenters. The van der Waals surface area contributed by atoms with Crippen LogP contribution in [0.15, 0.2) is 36.4 Å². The van der Waals surface area contributed by atoms with E-state index < -0.39 is 0 Å². The van der Waals surface area contributed by atoms with Gasteiger partial charge in [0.2, 0.25) is 5.91 Å². The maximum Gasteiger partial charge on any atom is 0.237 e. The zero-order chi connectivity index (χ0) is 24.4. The zero-order valence-corrected chi connectivity index (χ0v) is 20.8. The number of fused-ring (bicyclic) bond motifs is 3. The number of hydrogen-bond acceptors (Lipinski definition) is 5.